The van der Waals surface area contributed by atoms with Crippen molar-refractivity contribution >= 4 is 17.5 Å². The number of carbonyl (C=O) groups is 1. The van der Waals surface area contributed by atoms with Gasteiger partial charge in [-0.05, 0) is 23.8 Å². The Morgan fingerprint density at radius 1 is 1.29 bits per heavy atom. The van der Waals surface area contributed by atoms with Gasteiger partial charge in [-0.1, -0.05) is 41.9 Å². The molecule has 1 atom stereocenters. The number of rotatable bonds is 4. The number of para-hydroxylation sites is 1. The van der Waals surface area contributed by atoms with E-state index in [0.29, 0.717) is 18.0 Å². The van der Waals surface area contributed by atoms with Crippen LogP contribution in [0.4, 0.5) is 0 Å². The zero-order valence-corrected chi connectivity index (χ0v) is 14.4. The first-order chi connectivity index (χ1) is 11.7. The van der Waals surface area contributed by atoms with Crippen molar-refractivity contribution in [1.82, 2.24) is 10.2 Å². The van der Waals surface area contributed by atoms with Gasteiger partial charge in [0, 0.05) is 30.2 Å². The third-order valence-electron chi connectivity index (χ3n) is 4.31. The summed E-state index contributed by atoms with van der Waals surface area (Å²) < 4.78 is 5.48. The molecule has 1 unspecified atom stereocenters. The molecule has 2 aromatic rings. The molecule has 2 aromatic carbocycles. The highest BCUT2D eigenvalue weighted by atomic mass is 35.5. The van der Waals surface area contributed by atoms with E-state index in [0.717, 1.165) is 30.0 Å². The van der Waals surface area contributed by atoms with Crippen LogP contribution < -0.4 is 10.1 Å². The zero-order valence-electron chi connectivity index (χ0n) is 13.7. The zero-order chi connectivity index (χ0) is 16.9. The highest BCUT2D eigenvalue weighted by Crippen LogP contribution is 2.30. The number of hydrogen-bond acceptors (Lipinski definition) is 3. The molecule has 0 spiro atoms. The Hall–Kier alpha value is -2.04. The topological polar surface area (TPSA) is 41.6 Å². The number of ether oxygens (including phenoxy) is 1. The Labute approximate surface area is 147 Å². The van der Waals surface area contributed by atoms with Crippen LogP contribution in [-0.4, -0.2) is 37.6 Å². The van der Waals surface area contributed by atoms with Crippen LogP contribution in [0.15, 0.2) is 48.5 Å². The molecule has 1 aliphatic rings. The average Bonchev–Trinajstić information content (AvgIpc) is 2.61. The molecular formula is C19H21ClN2O2. The summed E-state index contributed by atoms with van der Waals surface area (Å²) in [5.74, 6) is 0.918. The lowest BCUT2D eigenvalue weighted by atomic mass is 10.0. The maximum atomic E-state index is 12.9. The number of nitrogens with one attached hydrogen (secondary N) is 1. The maximum Gasteiger partial charge on any atom is 0.227 e. The molecule has 3 rings (SSSR count). The van der Waals surface area contributed by atoms with Crippen molar-refractivity contribution in [2.45, 2.75) is 12.5 Å². The summed E-state index contributed by atoms with van der Waals surface area (Å²) in [5.41, 5.74) is 1.97. The second kappa shape index (κ2) is 7.69. The van der Waals surface area contributed by atoms with Gasteiger partial charge in [0.05, 0.1) is 19.6 Å². The summed E-state index contributed by atoms with van der Waals surface area (Å²) in [6.07, 6.45) is 0.353. The monoisotopic (exact) mass is 344 g/mol. The van der Waals surface area contributed by atoms with Crippen LogP contribution in [-0.2, 0) is 11.2 Å². The van der Waals surface area contributed by atoms with Crippen molar-refractivity contribution in [2.24, 2.45) is 0 Å². The molecule has 0 saturated carbocycles. The second-order valence-electron chi connectivity index (χ2n) is 5.86. The average molecular weight is 345 g/mol. The standard InChI is InChI=1S/C19H21ClN2O2/c1-24-18-8-3-2-7-16(18)17-13-21-9-10-22(17)19(23)12-14-5-4-6-15(20)11-14/h2-8,11,17,21H,9-10,12-13H2,1H3. The number of halogens is 1. The molecule has 1 saturated heterocycles. The number of carbonyl (C=O) groups excluding carboxylic acids is 1. The third kappa shape index (κ3) is 3.71. The summed E-state index contributed by atoms with van der Waals surface area (Å²) >= 11 is 6.03. The van der Waals surface area contributed by atoms with E-state index < -0.39 is 0 Å². The van der Waals surface area contributed by atoms with Gasteiger partial charge in [-0.3, -0.25) is 4.79 Å². The first-order valence-corrected chi connectivity index (χ1v) is 8.44. The molecule has 126 valence electrons. The number of benzene rings is 2. The van der Waals surface area contributed by atoms with Crippen LogP contribution in [0.5, 0.6) is 5.75 Å². The van der Waals surface area contributed by atoms with Gasteiger partial charge in [0.15, 0.2) is 0 Å². The van der Waals surface area contributed by atoms with E-state index in [4.69, 9.17) is 16.3 Å². The van der Waals surface area contributed by atoms with Crippen molar-refractivity contribution in [3.8, 4) is 5.75 Å². The molecule has 24 heavy (non-hydrogen) atoms. The highest BCUT2D eigenvalue weighted by molar-refractivity contribution is 6.30. The second-order valence-corrected chi connectivity index (χ2v) is 6.29. The number of piperazine rings is 1. The van der Waals surface area contributed by atoms with E-state index in [9.17, 15) is 4.79 Å². The third-order valence-corrected chi connectivity index (χ3v) is 4.54. The van der Waals surface area contributed by atoms with Crippen LogP contribution in [0, 0.1) is 0 Å². The van der Waals surface area contributed by atoms with Gasteiger partial charge in [-0.2, -0.15) is 0 Å². The van der Waals surface area contributed by atoms with Crippen molar-refractivity contribution in [2.75, 3.05) is 26.7 Å². The Bertz CT molecular complexity index is 720. The summed E-state index contributed by atoms with van der Waals surface area (Å²) in [5, 5.41) is 4.03. The minimum atomic E-state index is -0.0263. The first-order valence-electron chi connectivity index (χ1n) is 8.06. The van der Waals surface area contributed by atoms with Crippen LogP contribution in [0.2, 0.25) is 5.02 Å². The van der Waals surface area contributed by atoms with Crippen LogP contribution >= 0.6 is 11.6 Å². The van der Waals surface area contributed by atoms with Crippen molar-refractivity contribution in [3.63, 3.8) is 0 Å². The van der Waals surface area contributed by atoms with E-state index >= 15 is 0 Å². The van der Waals surface area contributed by atoms with Crippen molar-refractivity contribution < 1.29 is 9.53 Å². The molecule has 1 fully saturated rings. The van der Waals surface area contributed by atoms with Crippen LogP contribution in [0.3, 0.4) is 0 Å². The van der Waals surface area contributed by atoms with Crippen LogP contribution in [0.25, 0.3) is 0 Å². The molecule has 4 nitrogen and oxygen atoms in total. The number of hydrogen-bond donors (Lipinski definition) is 1. The van der Waals surface area contributed by atoms with Gasteiger partial charge >= 0.3 is 0 Å². The summed E-state index contributed by atoms with van der Waals surface area (Å²) in [6, 6.07) is 15.3. The number of amides is 1. The first kappa shape index (κ1) is 16.8. The quantitative estimate of drug-likeness (QED) is 0.926. The smallest absolute Gasteiger partial charge is 0.227 e. The molecule has 1 heterocycles. The van der Waals surface area contributed by atoms with Gasteiger partial charge < -0.3 is 15.0 Å². The molecule has 1 amide bonds. The van der Waals surface area contributed by atoms with Gasteiger partial charge in [0.25, 0.3) is 0 Å². The molecule has 0 bridgehead atoms. The molecule has 1 aliphatic heterocycles. The predicted octanol–water partition coefficient (Wildman–Crippen LogP) is 3.06. The summed E-state index contributed by atoms with van der Waals surface area (Å²) in [7, 11) is 1.66. The van der Waals surface area contributed by atoms with E-state index in [1.54, 1.807) is 7.11 Å². The maximum absolute atomic E-state index is 12.9. The largest absolute Gasteiger partial charge is 0.496 e. The fraction of sp³-hybridized carbons (Fsp3) is 0.316. The SMILES string of the molecule is COc1ccccc1C1CNCCN1C(=O)Cc1cccc(Cl)c1. The highest BCUT2D eigenvalue weighted by Gasteiger charge is 2.29. The molecule has 0 aliphatic carbocycles. The number of methoxy groups -OCH3 is 1. The lowest BCUT2D eigenvalue weighted by Crippen LogP contribution is -2.49. The Morgan fingerprint density at radius 2 is 2.12 bits per heavy atom. The van der Waals surface area contributed by atoms with Crippen molar-refractivity contribution in [3.05, 3.63) is 64.7 Å². The van der Waals surface area contributed by atoms with Gasteiger partial charge in [-0.15, -0.1) is 0 Å². The molecule has 5 heteroatoms. The van der Waals surface area contributed by atoms with Gasteiger partial charge in [0.1, 0.15) is 5.75 Å². The van der Waals surface area contributed by atoms with Gasteiger partial charge in [-0.25, -0.2) is 0 Å². The lowest BCUT2D eigenvalue weighted by Gasteiger charge is -2.37. The molecule has 1 N–H and O–H groups in total. The Balaban J connectivity index is 1.82. The minimum Gasteiger partial charge on any atom is -0.496 e. The van der Waals surface area contributed by atoms with E-state index in [-0.39, 0.29) is 11.9 Å². The fourth-order valence-electron chi connectivity index (χ4n) is 3.15. The van der Waals surface area contributed by atoms with Crippen LogP contribution in [0.1, 0.15) is 17.2 Å². The lowest BCUT2D eigenvalue weighted by molar-refractivity contribution is -0.133. The summed E-state index contributed by atoms with van der Waals surface area (Å²) in [6.45, 7) is 2.21. The minimum absolute atomic E-state index is 0.0263. The van der Waals surface area contributed by atoms with Crippen molar-refractivity contribution in [1.29, 1.82) is 0 Å². The molecular weight excluding hydrogens is 324 g/mol. The van der Waals surface area contributed by atoms with E-state index in [1.807, 2.05) is 53.4 Å². The van der Waals surface area contributed by atoms with E-state index in [1.165, 1.54) is 0 Å². The molecule has 0 radical (unpaired) electrons. The predicted molar refractivity (Wildman–Crippen MR) is 95.5 cm³/mol. The number of nitrogens with zero attached hydrogens (tertiary/aromatic N) is 1. The molecule has 0 aromatic heterocycles. The fourth-order valence-corrected chi connectivity index (χ4v) is 3.36. The summed E-state index contributed by atoms with van der Waals surface area (Å²) in [4.78, 5) is 14.8. The Kier molecular flexibility index (Phi) is 5.38. The normalized spacial score (nSPS) is 17.6. The van der Waals surface area contributed by atoms with Gasteiger partial charge in [0.2, 0.25) is 5.91 Å². The van der Waals surface area contributed by atoms with E-state index in [2.05, 4.69) is 5.32 Å². The Morgan fingerprint density at radius 3 is 2.92 bits per heavy atom.